The van der Waals surface area contributed by atoms with E-state index in [4.69, 9.17) is 0 Å². The monoisotopic (exact) mass is 658 g/mol. The van der Waals surface area contributed by atoms with Crippen LogP contribution in [0, 0.1) is 0 Å². The SMILES string of the molecule is CC1(C)C2=C(C=CCC2)c2cccc(C3=CCC(N(c4cccc5ccccc45)C4C=CC=C5C4c4ccccc4N5c4ccccc4)C=C3)c21. The maximum atomic E-state index is 2.73. The topological polar surface area (TPSA) is 6.48 Å². The Morgan fingerprint density at radius 1 is 0.745 bits per heavy atom. The Labute approximate surface area is 301 Å². The molecule has 4 aliphatic carbocycles. The molecule has 51 heavy (non-hydrogen) atoms. The number of fused-ring (bicyclic) bond motifs is 6. The number of hydrogen-bond donors (Lipinski definition) is 0. The summed E-state index contributed by atoms with van der Waals surface area (Å²) in [7, 11) is 0. The number of hydrogen-bond acceptors (Lipinski definition) is 2. The molecule has 0 amide bonds. The Kier molecular flexibility index (Phi) is 6.96. The van der Waals surface area contributed by atoms with E-state index in [-0.39, 0.29) is 23.4 Å². The number of benzene rings is 5. The Hall–Kier alpha value is -5.60. The second kappa shape index (κ2) is 11.7. The van der Waals surface area contributed by atoms with Gasteiger partial charge in [0.15, 0.2) is 0 Å². The van der Waals surface area contributed by atoms with Crippen molar-refractivity contribution in [1.82, 2.24) is 0 Å². The fourth-order valence-electron chi connectivity index (χ4n) is 9.84. The molecule has 0 aromatic heterocycles. The standard InChI is InChI=1S/C49H42N2/c1-49(2)42-24-10-8-20-39(42)40-23-13-22-38(48(40)49)34-29-31-36(32-30-34)51(43-26-12-16-33-15-6-7-19-37(33)43)46-28-14-27-45-47(46)41-21-9-11-25-44(41)50(45)35-17-4-3-5-18-35/h3-9,11-23,25-31,36,46-47H,10,24,32H2,1-2H3. The minimum absolute atomic E-state index is 0.0304. The van der Waals surface area contributed by atoms with E-state index in [0.29, 0.717) is 0 Å². The van der Waals surface area contributed by atoms with Crippen molar-refractivity contribution in [2.45, 2.75) is 56.5 Å². The van der Waals surface area contributed by atoms with Crippen molar-refractivity contribution in [3.05, 3.63) is 197 Å². The third kappa shape index (κ3) is 4.62. The van der Waals surface area contributed by atoms with Gasteiger partial charge in [0.2, 0.25) is 0 Å². The van der Waals surface area contributed by atoms with Gasteiger partial charge in [0.05, 0.1) is 18.0 Å². The van der Waals surface area contributed by atoms with Crippen LogP contribution in [0.15, 0.2) is 175 Å². The highest BCUT2D eigenvalue weighted by Gasteiger charge is 2.44. The number of para-hydroxylation sites is 2. The zero-order valence-electron chi connectivity index (χ0n) is 29.3. The summed E-state index contributed by atoms with van der Waals surface area (Å²) >= 11 is 0. The summed E-state index contributed by atoms with van der Waals surface area (Å²) < 4.78 is 0. The van der Waals surface area contributed by atoms with Crippen molar-refractivity contribution < 1.29 is 0 Å². The highest BCUT2D eigenvalue weighted by molar-refractivity contribution is 5.96. The molecule has 2 nitrogen and oxygen atoms in total. The fourth-order valence-corrected chi connectivity index (χ4v) is 9.84. The van der Waals surface area contributed by atoms with Gasteiger partial charge in [-0.1, -0.05) is 153 Å². The molecule has 0 saturated carbocycles. The summed E-state index contributed by atoms with van der Waals surface area (Å²) in [5.41, 5.74) is 15.2. The van der Waals surface area contributed by atoms with Gasteiger partial charge in [-0.2, -0.15) is 0 Å². The molecule has 0 fully saturated rings. The maximum Gasteiger partial charge on any atom is 0.0607 e. The molecular weight excluding hydrogens is 617 g/mol. The molecule has 3 atom stereocenters. The molecule has 5 aromatic carbocycles. The van der Waals surface area contributed by atoms with Gasteiger partial charge < -0.3 is 9.80 Å². The largest absolute Gasteiger partial charge is 0.357 e. The molecule has 0 radical (unpaired) electrons. The van der Waals surface area contributed by atoms with Crippen LogP contribution in [-0.2, 0) is 5.41 Å². The first kappa shape index (κ1) is 30.2. The summed E-state index contributed by atoms with van der Waals surface area (Å²) in [5.74, 6) is 0.188. The average Bonchev–Trinajstić information content (AvgIpc) is 3.65. The molecule has 3 unspecified atom stereocenters. The van der Waals surface area contributed by atoms with Gasteiger partial charge >= 0.3 is 0 Å². The molecule has 0 N–H and O–H groups in total. The van der Waals surface area contributed by atoms with Crippen LogP contribution in [0.1, 0.15) is 61.3 Å². The van der Waals surface area contributed by atoms with Crippen molar-refractivity contribution in [3.63, 3.8) is 0 Å². The van der Waals surface area contributed by atoms with E-state index in [2.05, 4.69) is 188 Å². The van der Waals surface area contributed by atoms with Crippen LogP contribution in [0.25, 0.3) is 21.9 Å². The number of anilines is 3. The van der Waals surface area contributed by atoms with Crippen molar-refractivity contribution in [2.75, 3.05) is 9.80 Å². The molecule has 1 heterocycles. The highest BCUT2D eigenvalue weighted by Crippen LogP contribution is 2.54. The lowest BCUT2D eigenvalue weighted by Crippen LogP contribution is -2.46. The van der Waals surface area contributed by atoms with E-state index in [1.165, 1.54) is 66.9 Å². The van der Waals surface area contributed by atoms with E-state index in [9.17, 15) is 0 Å². The Morgan fingerprint density at radius 3 is 2.41 bits per heavy atom. The van der Waals surface area contributed by atoms with E-state index < -0.39 is 0 Å². The van der Waals surface area contributed by atoms with E-state index in [1.807, 2.05) is 0 Å². The first-order valence-electron chi connectivity index (χ1n) is 18.6. The summed E-state index contributed by atoms with van der Waals surface area (Å²) in [4.78, 5) is 5.21. The summed E-state index contributed by atoms with van der Waals surface area (Å²) in [6.45, 7) is 4.88. The smallest absolute Gasteiger partial charge is 0.0607 e. The van der Waals surface area contributed by atoms with Crippen LogP contribution in [0.4, 0.5) is 17.1 Å². The Morgan fingerprint density at radius 2 is 1.53 bits per heavy atom. The van der Waals surface area contributed by atoms with Gasteiger partial charge in [-0.3, -0.25) is 0 Å². The summed E-state index contributed by atoms with van der Waals surface area (Å²) in [6.07, 6.45) is 22.5. The average molecular weight is 659 g/mol. The molecule has 5 aliphatic rings. The second-order valence-electron chi connectivity index (χ2n) is 15.1. The predicted octanol–water partition coefficient (Wildman–Crippen LogP) is 12.2. The molecule has 0 saturated heterocycles. The quantitative estimate of drug-likeness (QED) is 0.185. The van der Waals surface area contributed by atoms with Gasteiger partial charge in [-0.05, 0) is 88.4 Å². The number of rotatable bonds is 5. The van der Waals surface area contributed by atoms with Gasteiger partial charge in [-0.15, -0.1) is 0 Å². The van der Waals surface area contributed by atoms with Gasteiger partial charge in [-0.25, -0.2) is 0 Å². The van der Waals surface area contributed by atoms with Gasteiger partial charge in [0, 0.05) is 33.6 Å². The van der Waals surface area contributed by atoms with Crippen LogP contribution in [-0.4, -0.2) is 12.1 Å². The first-order valence-corrected chi connectivity index (χ1v) is 18.6. The fraction of sp³-hybridized carbons (Fsp3) is 0.184. The number of nitrogens with zero attached hydrogens (tertiary/aromatic N) is 2. The lowest BCUT2D eigenvalue weighted by molar-refractivity contribution is 0.568. The van der Waals surface area contributed by atoms with E-state index in [1.54, 1.807) is 5.57 Å². The molecule has 248 valence electrons. The minimum Gasteiger partial charge on any atom is -0.357 e. The molecule has 2 heteroatoms. The normalized spacial score (nSPS) is 22.3. The van der Waals surface area contributed by atoms with E-state index >= 15 is 0 Å². The second-order valence-corrected chi connectivity index (χ2v) is 15.1. The molecule has 1 aliphatic heterocycles. The number of allylic oxidation sites excluding steroid dienone is 8. The van der Waals surface area contributed by atoms with Crippen molar-refractivity contribution in [2.24, 2.45) is 0 Å². The molecule has 0 spiro atoms. The minimum atomic E-state index is 0.0304. The zero-order valence-corrected chi connectivity index (χ0v) is 29.3. The molecule has 5 aromatic rings. The summed E-state index contributed by atoms with van der Waals surface area (Å²) in [5, 5.41) is 2.57. The van der Waals surface area contributed by atoms with Crippen LogP contribution >= 0.6 is 0 Å². The van der Waals surface area contributed by atoms with Crippen molar-refractivity contribution in [1.29, 1.82) is 0 Å². The highest BCUT2D eigenvalue weighted by atomic mass is 15.2. The van der Waals surface area contributed by atoms with Crippen molar-refractivity contribution >= 4 is 39.0 Å². The van der Waals surface area contributed by atoms with Crippen LogP contribution in [0.2, 0.25) is 0 Å². The summed E-state index contributed by atoms with van der Waals surface area (Å²) in [6, 6.07) is 42.9. The van der Waals surface area contributed by atoms with Gasteiger partial charge in [0.1, 0.15) is 0 Å². The lowest BCUT2D eigenvalue weighted by atomic mass is 9.75. The molecule has 10 rings (SSSR count). The molecule has 0 bridgehead atoms. The predicted molar refractivity (Wildman–Crippen MR) is 215 cm³/mol. The zero-order chi connectivity index (χ0) is 34.1. The molecular formula is C49H42N2. The van der Waals surface area contributed by atoms with Crippen LogP contribution in [0.5, 0.6) is 0 Å². The Bertz CT molecular complexity index is 2390. The Balaban J connectivity index is 1.07. The van der Waals surface area contributed by atoms with Crippen LogP contribution in [0.3, 0.4) is 0 Å². The van der Waals surface area contributed by atoms with Gasteiger partial charge in [0.25, 0.3) is 0 Å². The third-order valence-corrected chi connectivity index (χ3v) is 12.0. The van der Waals surface area contributed by atoms with Crippen LogP contribution < -0.4 is 9.80 Å². The maximum absolute atomic E-state index is 2.73. The first-order chi connectivity index (χ1) is 25.1. The van der Waals surface area contributed by atoms with E-state index in [0.717, 1.165) is 19.3 Å². The lowest BCUT2D eigenvalue weighted by Gasteiger charge is -2.43. The third-order valence-electron chi connectivity index (χ3n) is 12.0. The van der Waals surface area contributed by atoms with Crippen molar-refractivity contribution in [3.8, 4) is 0 Å².